The van der Waals surface area contributed by atoms with Gasteiger partial charge in [0.05, 0.1) is 25.0 Å². The molecule has 0 amide bonds. The molecule has 3 aromatic rings. The smallest absolute Gasteiger partial charge is 0.335 e. The van der Waals surface area contributed by atoms with Gasteiger partial charge in [0.2, 0.25) is 0 Å². The maximum atomic E-state index is 13.6. The fraction of sp³-hybridized carbons (Fsp3) is 0.280. The van der Waals surface area contributed by atoms with Crippen molar-refractivity contribution < 1.29 is 23.8 Å². The van der Waals surface area contributed by atoms with Crippen LogP contribution in [0.2, 0.25) is 0 Å². The van der Waals surface area contributed by atoms with E-state index in [1.165, 1.54) is 12.3 Å². The van der Waals surface area contributed by atoms with Crippen LogP contribution in [-0.2, 0) is 24.2 Å². The number of hydrogen-bond acceptors (Lipinski definition) is 5. The first-order chi connectivity index (χ1) is 15.6. The van der Waals surface area contributed by atoms with Gasteiger partial charge in [0.15, 0.2) is 0 Å². The highest BCUT2D eigenvalue weighted by atomic mass is 19.1. The highest BCUT2D eigenvalue weighted by molar-refractivity contribution is 5.88. The van der Waals surface area contributed by atoms with Gasteiger partial charge in [0, 0.05) is 32.3 Å². The van der Waals surface area contributed by atoms with E-state index in [1.54, 1.807) is 24.4 Å². The van der Waals surface area contributed by atoms with E-state index in [0.29, 0.717) is 51.6 Å². The second kappa shape index (κ2) is 10.3. The summed E-state index contributed by atoms with van der Waals surface area (Å²) in [6, 6.07) is 14.6. The molecule has 0 fully saturated rings. The highest BCUT2D eigenvalue weighted by Gasteiger charge is 2.13. The van der Waals surface area contributed by atoms with Gasteiger partial charge in [0.25, 0.3) is 0 Å². The molecule has 0 atom stereocenters. The van der Waals surface area contributed by atoms with Crippen LogP contribution in [0, 0.1) is 5.82 Å². The van der Waals surface area contributed by atoms with Gasteiger partial charge in [-0.05, 0) is 46.5 Å². The summed E-state index contributed by atoms with van der Waals surface area (Å²) in [5, 5.41) is 9.38. The average molecular weight is 436 g/mol. The van der Waals surface area contributed by atoms with E-state index < -0.39 is 5.97 Å². The third-order valence-electron chi connectivity index (χ3n) is 5.30. The van der Waals surface area contributed by atoms with Crippen molar-refractivity contribution in [2.45, 2.75) is 19.5 Å². The third kappa shape index (κ3) is 5.90. The van der Waals surface area contributed by atoms with Crippen molar-refractivity contribution in [1.82, 2.24) is 9.88 Å². The van der Waals surface area contributed by atoms with Crippen LogP contribution < -0.4 is 4.74 Å². The second-order valence-corrected chi connectivity index (χ2v) is 7.81. The van der Waals surface area contributed by atoms with Gasteiger partial charge in [-0.15, -0.1) is 0 Å². The summed E-state index contributed by atoms with van der Waals surface area (Å²) in [6.07, 6.45) is 3.43. The first-order valence-electron chi connectivity index (χ1n) is 10.5. The molecular formula is C25H25FN2O4. The molecule has 0 unspecified atom stereocenters. The number of ether oxygens (including phenoxy) is 2. The number of fused-ring (bicyclic) bond motifs is 3. The molecule has 0 saturated carbocycles. The maximum absolute atomic E-state index is 13.6. The molecule has 6 nitrogen and oxygen atoms in total. The SMILES string of the molecule is O=C(O)c1ccc2c(c1)Cc1cccc(c1)CN(Cc1cncc(F)c1)CCOCCO2. The number of aromatic carboxylic acids is 1. The molecule has 2 bridgehead atoms. The number of rotatable bonds is 3. The fourth-order valence-electron chi connectivity index (χ4n) is 3.83. The van der Waals surface area contributed by atoms with Gasteiger partial charge in [0.1, 0.15) is 18.2 Å². The van der Waals surface area contributed by atoms with Gasteiger partial charge in [-0.2, -0.15) is 0 Å². The lowest BCUT2D eigenvalue weighted by molar-refractivity contribution is 0.0695. The van der Waals surface area contributed by atoms with Crippen LogP contribution in [0.25, 0.3) is 0 Å². The number of carboxylic acids is 1. The van der Waals surface area contributed by atoms with Crippen molar-refractivity contribution in [1.29, 1.82) is 0 Å². The van der Waals surface area contributed by atoms with Crippen LogP contribution in [0.1, 0.15) is 32.6 Å². The predicted octanol–water partition coefficient (Wildman–Crippen LogP) is 3.92. The summed E-state index contributed by atoms with van der Waals surface area (Å²) < 4.78 is 25.2. The molecule has 1 N–H and O–H groups in total. The summed E-state index contributed by atoms with van der Waals surface area (Å²) in [5.74, 6) is -0.646. The number of hydrogen-bond donors (Lipinski definition) is 1. The lowest BCUT2D eigenvalue weighted by Crippen LogP contribution is -2.27. The molecule has 4 rings (SSSR count). The summed E-state index contributed by atoms with van der Waals surface area (Å²) >= 11 is 0. The Labute approximate surface area is 186 Å². The summed E-state index contributed by atoms with van der Waals surface area (Å²) in [4.78, 5) is 17.6. The summed E-state index contributed by atoms with van der Waals surface area (Å²) in [5.41, 5.74) is 4.04. The van der Waals surface area contributed by atoms with E-state index in [1.807, 2.05) is 12.1 Å². The minimum Gasteiger partial charge on any atom is -0.491 e. The molecule has 7 heteroatoms. The highest BCUT2D eigenvalue weighted by Crippen LogP contribution is 2.25. The Morgan fingerprint density at radius 1 is 1.06 bits per heavy atom. The van der Waals surface area contributed by atoms with Crippen molar-refractivity contribution >= 4 is 5.97 Å². The number of benzene rings is 2. The molecular weight excluding hydrogens is 411 g/mol. The van der Waals surface area contributed by atoms with E-state index in [2.05, 4.69) is 22.0 Å². The molecule has 166 valence electrons. The average Bonchev–Trinajstić information content (AvgIpc) is 2.76. The zero-order chi connectivity index (χ0) is 22.3. The van der Waals surface area contributed by atoms with Crippen molar-refractivity contribution in [3.8, 4) is 5.75 Å². The Morgan fingerprint density at radius 3 is 2.78 bits per heavy atom. The minimum atomic E-state index is -0.966. The van der Waals surface area contributed by atoms with Crippen LogP contribution in [0.15, 0.2) is 60.9 Å². The zero-order valence-electron chi connectivity index (χ0n) is 17.7. The van der Waals surface area contributed by atoms with Gasteiger partial charge >= 0.3 is 5.97 Å². The Hall–Kier alpha value is -3.29. The molecule has 2 aromatic carbocycles. The van der Waals surface area contributed by atoms with E-state index >= 15 is 0 Å². The van der Waals surface area contributed by atoms with E-state index in [-0.39, 0.29) is 11.4 Å². The lowest BCUT2D eigenvalue weighted by atomic mass is 10.00. The number of pyridine rings is 1. The fourth-order valence-corrected chi connectivity index (χ4v) is 3.83. The van der Waals surface area contributed by atoms with E-state index in [4.69, 9.17) is 9.47 Å². The number of aromatic nitrogens is 1. The number of halogens is 1. The Balaban J connectivity index is 1.60. The lowest BCUT2D eigenvalue weighted by Gasteiger charge is -2.23. The number of carboxylic acid groups (broad SMARTS) is 1. The number of nitrogens with zero attached hydrogens (tertiary/aromatic N) is 2. The summed E-state index contributed by atoms with van der Waals surface area (Å²) in [7, 11) is 0. The third-order valence-corrected chi connectivity index (χ3v) is 5.30. The zero-order valence-corrected chi connectivity index (χ0v) is 17.7. The van der Waals surface area contributed by atoms with Crippen LogP contribution in [-0.4, -0.2) is 47.3 Å². The Bertz CT molecular complexity index is 1090. The largest absolute Gasteiger partial charge is 0.491 e. The van der Waals surface area contributed by atoms with Gasteiger partial charge in [-0.1, -0.05) is 24.3 Å². The van der Waals surface area contributed by atoms with Crippen molar-refractivity contribution in [2.24, 2.45) is 0 Å². The van der Waals surface area contributed by atoms with Crippen LogP contribution >= 0.6 is 0 Å². The standard InChI is InChI=1S/C25H25FN2O4/c26-23-12-20(14-27-15-23)17-28-6-7-31-8-9-32-24-5-4-21(25(29)30)13-22(24)11-18-2-1-3-19(10-18)16-28/h1-5,10,12-15H,6-9,11,16-17H2,(H,29,30). The normalized spacial score (nSPS) is 15.3. The molecule has 1 aliphatic heterocycles. The quantitative estimate of drug-likeness (QED) is 0.671. The van der Waals surface area contributed by atoms with Crippen molar-refractivity contribution in [3.63, 3.8) is 0 Å². The first kappa shape index (κ1) is 21.9. The first-order valence-corrected chi connectivity index (χ1v) is 10.5. The van der Waals surface area contributed by atoms with Gasteiger partial charge in [-0.3, -0.25) is 9.88 Å². The molecule has 2 heterocycles. The molecule has 0 radical (unpaired) electrons. The van der Waals surface area contributed by atoms with Crippen LogP contribution in [0.3, 0.4) is 0 Å². The van der Waals surface area contributed by atoms with Gasteiger partial charge in [-0.25, -0.2) is 9.18 Å². The predicted molar refractivity (Wildman–Crippen MR) is 117 cm³/mol. The minimum absolute atomic E-state index is 0.232. The Kier molecular flexibility index (Phi) is 7.09. The molecule has 1 aliphatic rings. The van der Waals surface area contributed by atoms with Crippen molar-refractivity contribution in [3.05, 3.63) is 94.6 Å². The molecule has 0 saturated heterocycles. The van der Waals surface area contributed by atoms with Gasteiger partial charge < -0.3 is 14.6 Å². The molecule has 32 heavy (non-hydrogen) atoms. The molecule has 0 spiro atoms. The van der Waals surface area contributed by atoms with Crippen LogP contribution in [0.4, 0.5) is 4.39 Å². The second-order valence-electron chi connectivity index (χ2n) is 7.81. The summed E-state index contributed by atoms with van der Waals surface area (Å²) in [6.45, 7) is 3.20. The molecule has 0 aliphatic carbocycles. The van der Waals surface area contributed by atoms with E-state index in [9.17, 15) is 14.3 Å². The topological polar surface area (TPSA) is 71.9 Å². The molecule has 1 aromatic heterocycles. The maximum Gasteiger partial charge on any atom is 0.335 e. The monoisotopic (exact) mass is 436 g/mol. The van der Waals surface area contributed by atoms with Crippen molar-refractivity contribution in [2.75, 3.05) is 26.4 Å². The van der Waals surface area contributed by atoms with Crippen LogP contribution in [0.5, 0.6) is 5.75 Å². The van der Waals surface area contributed by atoms with E-state index in [0.717, 1.165) is 22.3 Å². The number of carbonyl (C=O) groups is 1. The Morgan fingerprint density at radius 2 is 1.94 bits per heavy atom.